The molecule has 1 aromatic heterocycles. The highest BCUT2D eigenvalue weighted by atomic mass is 16.6. The number of hydrogen-bond donors (Lipinski definition) is 1. The van der Waals surface area contributed by atoms with E-state index in [1.165, 1.54) is 0 Å². The molecule has 1 atom stereocenters. The van der Waals surface area contributed by atoms with E-state index in [2.05, 4.69) is 10.1 Å². The number of rotatable bonds is 13. The minimum absolute atomic E-state index is 0.0735. The number of nitrogens with zero attached hydrogens (tertiary/aromatic N) is 2. The summed E-state index contributed by atoms with van der Waals surface area (Å²) in [6, 6.07) is 10.9. The summed E-state index contributed by atoms with van der Waals surface area (Å²) in [5.74, 6) is 0.273. The second-order valence-electron chi connectivity index (χ2n) is 7.04. The molecule has 1 unspecified atom stereocenters. The molecule has 0 saturated carbocycles. The molecule has 168 valence electrons. The van der Waals surface area contributed by atoms with Gasteiger partial charge in [-0.25, -0.2) is 9.78 Å². The summed E-state index contributed by atoms with van der Waals surface area (Å²) in [5.41, 5.74) is 2.41. The van der Waals surface area contributed by atoms with Crippen LogP contribution in [0.4, 0.5) is 0 Å². The highest BCUT2D eigenvalue weighted by Crippen LogP contribution is 2.15. The Morgan fingerprint density at radius 2 is 1.87 bits per heavy atom. The summed E-state index contributed by atoms with van der Waals surface area (Å²) in [6.45, 7) is 8.48. The van der Waals surface area contributed by atoms with Crippen LogP contribution < -0.4 is 9.47 Å². The lowest BCUT2D eigenvalue weighted by atomic mass is 10.1. The molecule has 0 aliphatic heterocycles. The van der Waals surface area contributed by atoms with Gasteiger partial charge in [0, 0.05) is 30.9 Å². The van der Waals surface area contributed by atoms with Crippen LogP contribution in [0, 0.1) is 0 Å². The molecule has 2 rings (SSSR count). The highest BCUT2D eigenvalue weighted by Gasteiger charge is 2.17. The number of hydrogen-bond acceptors (Lipinski definition) is 7. The van der Waals surface area contributed by atoms with Crippen molar-refractivity contribution in [3.8, 4) is 11.6 Å². The summed E-state index contributed by atoms with van der Waals surface area (Å²) in [7, 11) is 0. The monoisotopic (exact) mass is 430 g/mol. The number of benzene rings is 1. The topological polar surface area (TPSA) is 99.5 Å². The van der Waals surface area contributed by atoms with E-state index in [1.54, 1.807) is 31.3 Å². The van der Waals surface area contributed by atoms with Crippen LogP contribution in [-0.4, -0.2) is 53.8 Å². The molecule has 8 heteroatoms. The smallest absolute Gasteiger partial charge is 0.333 e. The maximum atomic E-state index is 11.2. The summed E-state index contributed by atoms with van der Waals surface area (Å²) in [5, 5.41) is 13.2. The van der Waals surface area contributed by atoms with Crippen LogP contribution in [0.2, 0.25) is 0 Å². The van der Waals surface area contributed by atoms with E-state index in [1.807, 2.05) is 39.0 Å². The van der Waals surface area contributed by atoms with Crippen LogP contribution in [0.1, 0.15) is 38.8 Å². The summed E-state index contributed by atoms with van der Waals surface area (Å²) >= 11 is 0. The second-order valence-corrected chi connectivity index (χ2v) is 7.04. The average Bonchev–Trinajstić information content (AvgIpc) is 2.74. The normalized spacial score (nSPS) is 12.5. The maximum absolute atomic E-state index is 11.2. The molecule has 0 fully saturated rings. The maximum Gasteiger partial charge on any atom is 0.333 e. The zero-order valence-electron chi connectivity index (χ0n) is 18.4. The molecule has 0 saturated heterocycles. The Bertz CT molecular complexity index is 834. The van der Waals surface area contributed by atoms with Crippen LogP contribution in [0.5, 0.6) is 11.6 Å². The van der Waals surface area contributed by atoms with E-state index in [0.29, 0.717) is 37.0 Å². The fraction of sp³-hybridized carbons (Fsp3) is 0.435. The Hall–Kier alpha value is -3.13. The van der Waals surface area contributed by atoms with E-state index in [4.69, 9.17) is 24.2 Å². The predicted molar refractivity (Wildman–Crippen MR) is 117 cm³/mol. The van der Waals surface area contributed by atoms with Crippen molar-refractivity contribution in [2.45, 2.75) is 46.3 Å². The molecule has 8 nitrogen and oxygen atoms in total. The molecule has 1 aromatic carbocycles. The summed E-state index contributed by atoms with van der Waals surface area (Å²) in [4.78, 5) is 20.7. The first-order chi connectivity index (χ1) is 14.9. The molecule has 1 heterocycles. The van der Waals surface area contributed by atoms with Crippen molar-refractivity contribution >= 4 is 11.7 Å². The van der Waals surface area contributed by atoms with E-state index < -0.39 is 12.1 Å². The molecule has 0 spiro atoms. The number of pyridine rings is 1. The zero-order valence-corrected chi connectivity index (χ0v) is 18.4. The number of carboxylic acids is 1. The van der Waals surface area contributed by atoms with E-state index in [-0.39, 0.29) is 12.7 Å². The molecule has 2 aromatic rings. The number of carbonyl (C=O) groups is 1. The van der Waals surface area contributed by atoms with Gasteiger partial charge in [-0.3, -0.25) is 0 Å². The third-order valence-corrected chi connectivity index (χ3v) is 4.14. The lowest BCUT2D eigenvalue weighted by Crippen LogP contribution is -2.26. The largest absolute Gasteiger partial charge is 0.490 e. The van der Waals surface area contributed by atoms with Gasteiger partial charge in [0.1, 0.15) is 12.4 Å². The van der Waals surface area contributed by atoms with Crippen molar-refractivity contribution < 1.29 is 28.9 Å². The molecular formula is C23H30N2O6. The lowest BCUT2D eigenvalue weighted by Gasteiger charge is -2.12. The molecule has 0 radical (unpaired) electrons. The quantitative estimate of drug-likeness (QED) is 0.294. The zero-order chi connectivity index (χ0) is 22.6. The lowest BCUT2D eigenvalue weighted by molar-refractivity contribution is -0.149. The van der Waals surface area contributed by atoms with Crippen LogP contribution in [0.3, 0.4) is 0 Å². The Kier molecular flexibility index (Phi) is 9.77. The number of carboxylic acid groups (broad SMARTS) is 1. The molecular weight excluding hydrogens is 400 g/mol. The van der Waals surface area contributed by atoms with E-state index >= 15 is 0 Å². The van der Waals surface area contributed by atoms with Gasteiger partial charge >= 0.3 is 5.97 Å². The van der Waals surface area contributed by atoms with Gasteiger partial charge in [0.05, 0.1) is 11.8 Å². The van der Waals surface area contributed by atoms with Crippen molar-refractivity contribution in [3.05, 3.63) is 53.7 Å². The minimum Gasteiger partial charge on any atom is -0.490 e. The van der Waals surface area contributed by atoms with Crippen LogP contribution in [-0.2, 0) is 20.8 Å². The standard InChI is InChI=1S/C23H30N2O6/c1-5-28-21(23(26)27)14-18-6-9-20(10-7-18)29-12-13-30-25-17(4)19-8-11-22(24-15-19)31-16(2)3/h6-11,15-16,21H,5,12-14H2,1-4H3,(H,26,27). The first-order valence-corrected chi connectivity index (χ1v) is 10.2. The van der Waals surface area contributed by atoms with Crippen molar-refractivity contribution in [3.63, 3.8) is 0 Å². The fourth-order valence-corrected chi connectivity index (χ4v) is 2.65. The van der Waals surface area contributed by atoms with Gasteiger partial charge in [0.2, 0.25) is 5.88 Å². The first-order valence-electron chi connectivity index (χ1n) is 10.2. The number of aromatic nitrogens is 1. The van der Waals surface area contributed by atoms with Gasteiger partial charge in [-0.2, -0.15) is 0 Å². The SMILES string of the molecule is CCOC(Cc1ccc(OCCON=C(C)c2ccc(OC(C)C)nc2)cc1)C(=O)O. The Morgan fingerprint density at radius 3 is 2.45 bits per heavy atom. The highest BCUT2D eigenvalue weighted by molar-refractivity contribution is 5.98. The van der Waals surface area contributed by atoms with Crippen molar-refractivity contribution in [2.75, 3.05) is 19.8 Å². The third-order valence-electron chi connectivity index (χ3n) is 4.14. The third kappa shape index (κ3) is 8.64. The van der Waals surface area contributed by atoms with Gasteiger partial charge in [-0.05, 0) is 51.5 Å². The Balaban J connectivity index is 1.75. The first kappa shape index (κ1) is 24.1. The Labute approximate surface area is 182 Å². The number of oxime groups is 1. The second kappa shape index (κ2) is 12.5. The Morgan fingerprint density at radius 1 is 1.13 bits per heavy atom. The molecule has 1 N–H and O–H groups in total. The fourth-order valence-electron chi connectivity index (χ4n) is 2.65. The van der Waals surface area contributed by atoms with Crippen molar-refractivity contribution in [1.82, 2.24) is 4.98 Å². The van der Waals surface area contributed by atoms with Crippen LogP contribution in [0.25, 0.3) is 0 Å². The van der Waals surface area contributed by atoms with Crippen LogP contribution >= 0.6 is 0 Å². The molecule has 31 heavy (non-hydrogen) atoms. The minimum atomic E-state index is -0.967. The van der Waals surface area contributed by atoms with E-state index in [0.717, 1.165) is 11.1 Å². The predicted octanol–water partition coefficient (Wildman–Crippen LogP) is 3.72. The van der Waals surface area contributed by atoms with Crippen molar-refractivity contribution in [2.24, 2.45) is 5.16 Å². The van der Waals surface area contributed by atoms with E-state index in [9.17, 15) is 4.79 Å². The van der Waals surface area contributed by atoms with Gasteiger partial charge in [-0.1, -0.05) is 17.3 Å². The van der Waals surface area contributed by atoms with Crippen LogP contribution in [0.15, 0.2) is 47.8 Å². The van der Waals surface area contributed by atoms with Gasteiger partial charge in [0.15, 0.2) is 12.7 Å². The summed E-state index contributed by atoms with van der Waals surface area (Å²) in [6.07, 6.45) is 1.23. The molecule has 0 aliphatic carbocycles. The molecule has 0 amide bonds. The number of ether oxygens (including phenoxy) is 3. The molecule has 0 bridgehead atoms. The molecule has 0 aliphatic rings. The summed E-state index contributed by atoms with van der Waals surface area (Å²) < 4.78 is 16.4. The van der Waals surface area contributed by atoms with Gasteiger partial charge in [0.25, 0.3) is 0 Å². The van der Waals surface area contributed by atoms with Gasteiger partial charge in [-0.15, -0.1) is 0 Å². The number of aliphatic carboxylic acids is 1. The van der Waals surface area contributed by atoms with Crippen molar-refractivity contribution in [1.29, 1.82) is 0 Å². The average molecular weight is 431 g/mol. The van der Waals surface area contributed by atoms with Gasteiger partial charge < -0.3 is 24.2 Å².